The molecule has 2 rings (SSSR count). The highest BCUT2D eigenvalue weighted by Crippen LogP contribution is 2.47. The minimum Gasteiger partial charge on any atom is -0.300 e. The fraction of sp³-hybridized carbons (Fsp3) is 0.846. The lowest BCUT2D eigenvalue weighted by Gasteiger charge is -2.37. The first-order valence-electron chi connectivity index (χ1n) is 5.97. The molecule has 3 unspecified atom stereocenters. The second-order valence-electron chi connectivity index (χ2n) is 6.01. The van der Waals surface area contributed by atoms with Crippen molar-refractivity contribution in [3.8, 4) is 0 Å². The second kappa shape index (κ2) is 3.43. The van der Waals surface area contributed by atoms with E-state index >= 15 is 0 Å². The minimum absolute atomic E-state index is 0.00583. The molecule has 15 heavy (non-hydrogen) atoms. The maximum absolute atomic E-state index is 12.2. The van der Waals surface area contributed by atoms with Crippen LogP contribution in [0.5, 0.6) is 0 Å². The molecule has 0 aliphatic heterocycles. The molecule has 0 spiro atoms. The van der Waals surface area contributed by atoms with Gasteiger partial charge in [-0.15, -0.1) is 0 Å². The van der Waals surface area contributed by atoms with Crippen LogP contribution in [0.3, 0.4) is 0 Å². The Morgan fingerprint density at radius 2 is 2.00 bits per heavy atom. The van der Waals surface area contributed by atoms with Crippen LogP contribution >= 0.6 is 0 Å². The van der Waals surface area contributed by atoms with Crippen molar-refractivity contribution in [3.63, 3.8) is 0 Å². The van der Waals surface area contributed by atoms with E-state index in [0.29, 0.717) is 24.5 Å². The van der Waals surface area contributed by atoms with Crippen LogP contribution in [0, 0.1) is 23.2 Å². The van der Waals surface area contributed by atoms with Gasteiger partial charge in [0, 0.05) is 24.7 Å². The zero-order valence-corrected chi connectivity index (χ0v) is 9.88. The molecule has 2 nitrogen and oxygen atoms in total. The van der Waals surface area contributed by atoms with Crippen LogP contribution < -0.4 is 0 Å². The normalized spacial score (nSPS) is 38.9. The van der Waals surface area contributed by atoms with Crippen LogP contribution in [0.15, 0.2) is 0 Å². The standard InChI is InChI=1S/C13H20O2/c1-8-6-10(8)12(15)11-7-9(14)4-5-13(11,2)3/h8,10-11H,4-7H2,1-3H3. The van der Waals surface area contributed by atoms with E-state index in [9.17, 15) is 9.59 Å². The van der Waals surface area contributed by atoms with Crippen LogP contribution in [0.4, 0.5) is 0 Å². The van der Waals surface area contributed by atoms with Gasteiger partial charge in [-0.1, -0.05) is 20.8 Å². The van der Waals surface area contributed by atoms with Gasteiger partial charge in [0.15, 0.2) is 0 Å². The van der Waals surface area contributed by atoms with Gasteiger partial charge in [0.2, 0.25) is 0 Å². The highest BCUT2D eigenvalue weighted by Gasteiger charge is 2.48. The molecule has 2 heteroatoms. The van der Waals surface area contributed by atoms with Gasteiger partial charge in [-0.3, -0.25) is 9.59 Å². The van der Waals surface area contributed by atoms with Crippen LogP contribution in [0.1, 0.15) is 46.5 Å². The Bertz CT molecular complexity index is 304. The summed E-state index contributed by atoms with van der Waals surface area (Å²) in [6, 6.07) is 0. The Morgan fingerprint density at radius 3 is 2.53 bits per heavy atom. The summed E-state index contributed by atoms with van der Waals surface area (Å²) in [6.45, 7) is 6.39. The third-order valence-electron chi connectivity index (χ3n) is 4.24. The monoisotopic (exact) mass is 208 g/mol. The highest BCUT2D eigenvalue weighted by atomic mass is 16.1. The summed E-state index contributed by atoms with van der Waals surface area (Å²) in [5.41, 5.74) is 0.0350. The fourth-order valence-electron chi connectivity index (χ4n) is 2.70. The molecule has 0 aromatic heterocycles. The van der Waals surface area contributed by atoms with E-state index in [4.69, 9.17) is 0 Å². The lowest BCUT2D eigenvalue weighted by molar-refractivity contribution is -0.136. The van der Waals surface area contributed by atoms with Crippen LogP contribution in [0.2, 0.25) is 0 Å². The van der Waals surface area contributed by atoms with Crippen molar-refractivity contribution in [2.45, 2.75) is 46.5 Å². The SMILES string of the molecule is CC1CC1C(=O)C1CC(=O)CCC1(C)C. The number of hydrogen-bond donors (Lipinski definition) is 0. The largest absolute Gasteiger partial charge is 0.300 e. The topological polar surface area (TPSA) is 34.1 Å². The number of rotatable bonds is 2. The number of hydrogen-bond acceptors (Lipinski definition) is 2. The molecule has 0 bridgehead atoms. The van der Waals surface area contributed by atoms with Crippen molar-refractivity contribution in [2.75, 3.05) is 0 Å². The Hall–Kier alpha value is -0.660. The Kier molecular flexibility index (Phi) is 2.48. The van der Waals surface area contributed by atoms with E-state index in [1.54, 1.807) is 0 Å². The van der Waals surface area contributed by atoms with E-state index in [2.05, 4.69) is 20.8 Å². The maximum atomic E-state index is 12.2. The zero-order valence-electron chi connectivity index (χ0n) is 9.88. The van der Waals surface area contributed by atoms with E-state index in [1.807, 2.05) is 0 Å². The number of Topliss-reactive ketones (excluding diaryl/α,β-unsaturated/α-hetero) is 2. The molecule has 3 atom stereocenters. The van der Waals surface area contributed by atoms with Gasteiger partial charge in [0.1, 0.15) is 11.6 Å². The van der Waals surface area contributed by atoms with Crippen LogP contribution in [0.25, 0.3) is 0 Å². The molecule has 0 radical (unpaired) electrons. The quantitative estimate of drug-likeness (QED) is 0.699. The molecule has 0 aromatic carbocycles. The Labute approximate surface area is 91.4 Å². The van der Waals surface area contributed by atoms with Gasteiger partial charge in [-0.2, -0.15) is 0 Å². The van der Waals surface area contributed by atoms with E-state index in [1.165, 1.54) is 0 Å². The summed E-state index contributed by atoms with van der Waals surface area (Å²) >= 11 is 0. The van der Waals surface area contributed by atoms with Gasteiger partial charge in [-0.25, -0.2) is 0 Å². The number of carbonyl (C=O) groups is 2. The van der Waals surface area contributed by atoms with Crippen molar-refractivity contribution in [3.05, 3.63) is 0 Å². The molecular weight excluding hydrogens is 188 g/mol. The maximum Gasteiger partial charge on any atom is 0.140 e. The molecule has 2 saturated carbocycles. The average molecular weight is 208 g/mol. The summed E-state index contributed by atoms with van der Waals surface area (Å²) in [7, 11) is 0. The molecule has 84 valence electrons. The molecule has 2 aliphatic rings. The van der Waals surface area contributed by atoms with Crippen molar-refractivity contribution < 1.29 is 9.59 Å². The van der Waals surface area contributed by atoms with Gasteiger partial charge in [0.25, 0.3) is 0 Å². The average Bonchev–Trinajstić information content (AvgIpc) is 2.86. The van der Waals surface area contributed by atoms with Crippen molar-refractivity contribution in [1.29, 1.82) is 0 Å². The predicted molar refractivity (Wildman–Crippen MR) is 58.4 cm³/mol. The van der Waals surface area contributed by atoms with Crippen LogP contribution in [-0.2, 0) is 9.59 Å². The van der Waals surface area contributed by atoms with Crippen LogP contribution in [-0.4, -0.2) is 11.6 Å². The molecule has 2 aliphatic carbocycles. The van der Waals surface area contributed by atoms with E-state index in [0.717, 1.165) is 12.8 Å². The highest BCUT2D eigenvalue weighted by molar-refractivity contribution is 5.92. The zero-order chi connectivity index (χ0) is 11.2. The third kappa shape index (κ3) is 1.99. The molecule has 0 heterocycles. The smallest absolute Gasteiger partial charge is 0.140 e. The predicted octanol–water partition coefficient (Wildman–Crippen LogP) is 2.61. The Morgan fingerprint density at radius 1 is 1.40 bits per heavy atom. The number of ketones is 2. The van der Waals surface area contributed by atoms with Gasteiger partial charge >= 0.3 is 0 Å². The van der Waals surface area contributed by atoms with Gasteiger partial charge in [-0.05, 0) is 24.2 Å². The summed E-state index contributed by atoms with van der Waals surface area (Å²) in [5.74, 6) is 1.46. The molecule has 2 fully saturated rings. The van der Waals surface area contributed by atoms with E-state index in [-0.39, 0.29) is 23.0 Å². The first-order valence-corrected chi connectivity index (χ1v) is 5.97. The second-order valence-corrected chi connectivity index (χ2v) is 6.01. The van der Waals surface area contributed by atoms with Crippen molar-refractivity contribution in [1.82, 2.24) is 0 Å². The lowest BCUT2D eigenvalue weighted by atomic mass is 9.66. The minimum atomic E-state index is -0.00583. The summed E-state index contributed by atoms with van der Waals surface area (Å²) < 4.78 is 0. The fourth-order valence-corrected chi connectivity index (χ4v) is 2.70. The first-order chi connectivity index (χ1) is 6.92. The number of carbonyl (C=O) groups excluding carboxylic acids is 2. The molecule has 0 N–H and O–H groups in total. The van der Waals surface area contributed by atoms with E-state index < -0.39 is 0 Å². The third-order valence-corrected chi connectivity index (χ3v) is 4.24. The van der Waals surface area contributed by atoms with Crippen molar-refractivity contribution >= 4 is 11.6 Å². The lowest BCUT2D eigenvalue weighted by Crippen LogP contribution is -2.38. The molecule has 0 aromatic rings. The Balaban J connectivity index is 2.10. The summed E-state index contributed by atoms with van der Waals surface area (Å²) in [5, 5.41) is 0. The van der Waals surface area contributed by atoms with Gasteiger partial charge in [0.05, 0.1) is 0 Å². The van der Waals surface area contributed by atoms with Gasteiger partial charge < -0.3 is 0 Å². The first kappa shape index (κ1) is 10.8. The summed E-state index contributed by atoms with van der Waals surface area (Å²) in [4.78, 5) is 23.6. The summed E-state index contributed by atoms with van der Waals surface area (Å²) in [6.07, 6.45) is 3.08. The molecular formula is C13H20O2. The molecule has 0 saturated heterocycles. The van der Waals surface area contributed by atoms with Crippen molar-refractivity contribution in [2.24, 2.45) is 23.2 Å². The molecule has 0 amide bonds.